The molecule has 0 aromatic carbocycles. The van der Waals surface area contributed by atoms with Crippen LogP contribution in [0, 0.1) is 0 Å². The number of aliphatic hydroxyl groups excluding tert-OH is 1. The number of alkyl halides is 3. The summed E-state index contributed by atoms with van der Waals surface area (Å²) in [5.41, 5.74) is 0. The molecule has 0 radical (unpaired) electrons. The minimum absolute atomic E-state index is 0.0243. The zero-order valence-corrected chi connectivity index (χ0v) is 10.0. The first kappa shape index (κ1) is 15.7. The van der Waals surface area contributed by atoms with E-state index in [2.05, 4.69) is 5.32 Å². The van der Waals surface area contributed by atoms with Crippen molar-refractivity contribution in [2.75, 3.05) is 26.7 Å². The lowest BCUT2D eigenvalue weighted by atomic mass is 10.2. The van der Waals surface area contributed by atoms with Crippen molar-refractivity contribution in [1.29, 1.82) is 0 Å². The number of nitrogens with zero attached hydrogens (tertiary/aromatic N) is 1. The molecular weight excluding hydrogens is 221 g/mol. The van der Waals surface area contributed by atoms with Crippen molar-refractivity contribution in [3.63, 3.8) is 0 Å². The van der Waals surface area contributed by atoms with Crippen LogP contribution in [0.25, 0.3) is 0 Å². The molecule has 0 aliphatic rings. The minimum Gasteiger partial charge on any atom is -0.396 e. The third kappa shape index (κ3) is 7.03. The van der Waals surface area contributed by atoms with E-state index in [0.29, 0.717) is 6.42 Å². The number of likely N-dealkylation sites (N-methyl/N-ethyl adjacent to an activating group) is 1. The van der Waals surface area contributed by atoms with Gasteiger partial charge in [-0.15, -0.1) is 0 Å². The topological polar surface area (TPSA) is 35.5 Å². The summed E-state index contributed by atoms with van der Waals surface area (Å²) in [5, 5.41) is 11.7. The fourth-order valence-corrected chi connectivity index (χ4v) is 1.45. The van der Waals surface area contributed by atoms with Crippen molar-refractivity contribution < 1.29 is 18.3 Å². The third-order valence-electron chi connectivity index (χ3n) is 2.45. The molecule has 0 saturated heterocycles. The molecule has 3 nitrogen and oxygen atoms in total. The van der Waals surface area contributed by atoms with Crippen molar-refractivity contribution >= 4 is 0 Å². The van der Waals surface area contributed by atoms with Crippen molar-refractivity contribution in [2.24, 2.45) is 0 Å². The van der Waals surface area contributed by atoms with Crippen molar-refractivity contribution in [3.8, 4) is 0 Å². The summed E-state index contributed by atoms with van der Waals surface area (Å²) in [6.45, 7) is 2.82. The van der Waals surface area contributed by atoms with E-state index in [9.17, 15) is 13.2 Å². The van der Waals surface area contributed by atoms with Crippen LogP contribution in [0.4, 0.5) is 13.2 Å². The van der Waals surface area contributed by atoms with Crippen LogP contribution in [0.3, 0.4) is 0 Å². The molecule has 0 fully saturated rings. The van der Waals surface area contributed by atoms with Gasteiger partial charge in [-0.25, -0.2) is 0 Å². The molecule has 0 aliphatic carbocycles. The molecule has 1 unspecified atom stereocenters. The van der Waals surface area contributed by atoms with E-state index < -0.39 is 12.7 Å². The monoisotopic (exact) mass is 242 g/mol. The van der Waals surface area contributed by atoms with Gasteiger partial charge in [-0.2, -0.15) is 13.2 Å². The Morgan fingerprint density at radius 1 is 1.31 bits per heavy atom. The van der Waals surface area contributed by atoms with Crippen LogP contribution in [0.1, 0.15) is 20.3 Å². The van der Waals surface area contributed by atoms with Crippen LogP contribution in [-0.4, -0.2) is 55.0 Å². The largest absolute Gasteiger partial charge is 0.401 e. The predicted octanol–water partition coefficient (Wildman–Crippen LogP) is 1.23. The maximum absolute atomic E-state index is 12.3. The van der Waals surface area contributed by atoms with Gasteiger partial charge in [0.05, 0.1) is 6.54 Å². The van der Waals surface area contributed by atoms with Crippen LogP contribution in [0.5, 0.6) is 0 Å². The lowest BCUT2D eigenvalue weighted by Gasteiger charge is -2.31. The van der Waals surface area contributed by atoms with Crippen LogP contribution < -0.4 is 5.32 Å². The van der Waals surface area contributed by atoms with Gasteiger partial charge in [0.2, 0.25) is 0 Å². The molecule has 0 aliphatic heterocycles. The Balaban J connectivity index is 4.31. The van der Waals surface area contributed by atoms with Crippen LogP contribution in [0.2, 0.25) is 0 Å². The first-order valence-electron chi connectivity index (χ1n) is 5.39. The average molecular weight is 242 g/mol. The highest BCUT2D eigenvalue weighted by Gasteiger charge is 2.32. The lowest BCUT2D eigenvalue weighted by Crippen LogP contribution is -2.46. The van der Waals surface area contributed by atoms with E-state index in [-0.39, 0.29) is 25.2 Å². The maximum atomic E-state index is 12.3. The van der Waals surface area contributed by atoms with Gasteiger partial charge in [0.1, 0.15) is 0 Å². The predicted molar refractivity (Wildman–Crippen MR) is 57.3 cm³/mol. The summed E-state index contributed by atoms with van der Waals surface area (Å²) in [4.78, 5) is 1.36. The van der Waals surface area contributed by atoms with Gasteiger partial charge in [-0.05, 0) is 27.3 Å². The second-order valence-electron chi connectivity index (χ2n) is 4.14. The molecule has 0 spiro atoms. The second-order valence-corrected chi connectivity index (χ2v) is 4.14. The molecule has 0 amide bonds. The van der Waals surface area contributed by atoms with E-state index in [0.717, 1.165) is 0 Å². The molecule has 1 atom stereocenters. The van der Waals surface area contributed by atoms with Crippen LogP contribution in [-0.2, 0) is 0 Å². The summed E-state index contributed by atoms with van der Waals surface area (Å²) in [6.07, 6.45) is -3.72. The molecule has 0 bridgehead atoms. The van der Waals surface area contributed by atoms with Crippen LogP contribution >= 0.6 is 0 Å². The van der Waals surface area contributed by atoms with Gasteiger partial charge >= 0.3 is 6.18 Å². The summed E-state index contributed by atoms with van der Waals surface area (Å²) in [5.74, 6) is 0. The smallest absolute Gasteiger partial charge is 0.396 e. The summed E-state index contributed by atoms with van der Waals surface area (Å²) >= 11 is 0. The Morgan fingerprint density at radius 3 is 2.19 bits per heavy atom. The molecule has 0 rings (SSSR count). The molecule has 0 aromatic heterocycles. The number of halogens is 3. The molecule has 0 heterocycles. The fourth-order valence-electron chi connectivity index (χ4n) is 1.45. The van der Waals surface area contributed by atoms with Crippen molar-refractivity contribution in [2.45, 2.75) is 38.5 Å². The molecule has 2 N–H and O–H groups in total. The maximum Gasteiger partial charge on any atom is 0.401 e. The van der Waals surface area contributed by atoms with Gasteiger partial charge in [0.15, 0.2) is 0 Å². The summed E-state index contributed by atoms with van der Waals surface area (Å²) in [7, 11) is 1.69. The Morgan fingerprint density at radius 2 is 1.88 bits per heavy atom. The minimum atomic E-state index is -4.18. The van der Waals surface area contributed by atoms with Gasteiger partial charge in [-0.3, -0.25) is 4.90 Å². The number of nitrogens with one attached hydrogen (secondary N) is 1. The van der Waals surface area contributed by atoms with Gasteiger partial charge in [0.25, 0.3) is 0 Å². The molecule has 98 valence electrons. The lowest BCUT2D eigenvalue weighted by molar-refractivity contribution is -0.150. The normalized spacial score (nSPS) is 14.8. The molecule has 0 aromatic rings. The average Bonchev–Trinajstić information content (AvgIpc) is 2.13. The number of hydrogen-bond donors (Lipinski definition) is 2. The number of rotatable bonds is 7. The Kier molecular flexibility index (Phi) is 6.94. The highest BCUT2D eigenvalue weighted by molar-refractivity contribution is 4.75. The Hall–Kier alpha value is -0.330. The summed E-state index contributed by atoms with van der Waals surface area (Å²) < 4.78 is 36.9. The quantitative estimate of drug-likeness (QED) is 0.705. The zero-order valence-electron chi connectivity index (χ0n) is 10.0. The van der Waals surface area contributed by atoms with E-state index in [4.69, 9.17) is 5.11 Å². The number of hydrogen-bond acceptors (Lipinski definition) is 3. The second kappa shape index (κ2) is 7.09. The zero-order chi connectivity index (χ0) is 12.8. The van der Waals surface area contributed by atoms with Gasteiger partial charge in [-0.1, -0.05) is 0 Å². The Labute approximate surface area is 94.6 Å². The highest BCUT2D eigenvalue weighted by atomic mass is 19.4. The Bertz CT molecular complexity index is 185. The van der Waals surface area contributed by atoms with Gasteiger partial charge < -0.3 is 10.4 Å². The number of aliphatic hydroxyl groups is 1. The highest BCUT2D eigenvalue weighted by Crippen LogP contribution is 2.18. The van der Waals surface area contributed by atoms with E-state index in [1.165, 1.54) is 4.90 Å². The summed E-state index contributed by atoms with van der Waals surface area (Å²) in [6, 6.07) is -0.286. The van der Waals surface area contributed by atoms with E-state index in [1.54, 1.807) is 20.9 Å². The fraction of sp³-hybridized carbons (Fsp3) is 1.00. The van der Waals surface area contributed by atoms with Crippen molar-refractivity contribution in [1.82, 2.24) is 10.2 Å². The first-order chi connectivity index (χ1) is 7.30. The van der Waals surface area contributed by atoms with Crippen molar-refractivity contribution in [3.05, 3.63) is 0 Å². The third-order valence-corrected chi connectivity index (χ3v) is 2.45. The molecular formula is C10H21F3N2O. The standard InChI is InChI=1S/C10H21F3N2O/c1-8(2)15(7-10(11,12)13)6-9(14-3)4-5-16/h8-9,14,16H,4-7H2,1-3H3. The first-order valence-corrected chi connectivity index (χ1v) is 5.39. The SMILES string of the molecule is CNC(CCO)CN(CC(F)(F)F)C(C)C. The molecule has 6 heteroatoms. The van der Waals surface area contributed by atoms with Gasteiger partial charge in [0, 0.05) is 25.2 Å². The van der Waals surface area contributed by atoms with Crippen LogP contribution in [0.15, 0.2) is 0 Å². The van der Waals surface area contributed by atoms with E-state index >= 15 is 0 Å². The van der Waals surface area contributed by atoms with E-state index in [1.807, 2.05) is 0 Å². The molecule has 0 saturated carbocycles. The molecule has 16 heavy (non-hydrogen) atoms.